The average Bonchev–Trinajstić information content (AvgIpc) is 2.56. The maximum atomic E-state index is 13.3. The molecule has 0 unspecified atom stereocenters. The van der Waals surface area contributed by atoms with Gasteiger partial charge in [0.25, 0.3) is 0 Å². The Balaban J connectivity index is 1.42. The molecule has 0 atom stereocenters. The Bertz CT molecular complexity index is 583. The smallest absolute Gasteiger partial charge is 0.125 e. The van der Waals surface area contributed by atoms with Crippen LogP contribution in [0, 0.1) is 5.82 Å². The first-order valence-corrected chi connectivity index (χ1v) is 7.72. The summed E-state index contributed by atoms with van der Waals surface area (Å²) in [4.78, 5) is 4.62. The van der Waals surface area contributed by atoms with Crippen LogP contribution in [0.2, 0.25) is 0 Å². The molecule has 3 nitrogen and oxygen atoms in total. The second kappa shape index (κ2) is 7.27. The zero-order chi connectivity index (χ0) is 15.2. The third kappa shape index (κ3) is 3.98. The lowest BCUT2D eigenvalue weighted by atomic mass is 10.2. The molecule has 2 aromatic rings. The second-order valence-corrected chi connectivity index (χ2v) is 5.47. The normalized spacial score (nSPS) is 15.8. The topological polar surface area (TPSA) is 15.7 Å². The monoisotopic (exact) mass is 300 g/mol. The van der Waals surface area contributed by atoms with Gasteiger partial charge < -0.3 is 9.64 Å². The second-order valence-electron chi connectivity index (χ2n) is 5.47. The van der Waals surface area contributed by atoms with Crippen molar-refractivity contribution in [2.75, 3.05) is 44.2 Å². The van der Waals surface area contributed by atoms with Crippen LogP contribution in [-0.4, -0.2) is 44.2 Å². The van der Waals surface area contributed by atoms with Crippen LogP contribution in [-0.2, 0) is 0 Å². The first-order valence-electron chi connectivity index (χ1n) is 7.72. The first-order chi connectivity index (χ1) is 10.8. The molecular weight excluding hydrogens is 279 g/mol. The van der Waals surface area contributed by atoms with E-state index in [1.807, 2.05) is 36.4 Å². The summed E-state index contributed by atoms with van der Waals surface area (Å²) >= 11 is 0. The molecule has 1 aliphatic heterocycles. The quantitative estimate of drug-likeness (QED) is 0.844. The van der Waals surface area contributed by atoms with Crippen LogP contribution in [0.1, 0.15) is 0 Å². The van der Waals surface area contributed by atoms with Gasteiger partial charge in [0, 0.05) is 38.4 Å². The van der Waals surface area contributed by atoms with Crippen LogP contribution in [0.4, 0.5) is 10.1 Å². The van der Waals surface area contributed by atoms with E-state index in [0.717, 1.165) is 44.2 Å². The van der Waals surface area contributed by atoms with Crippen molar-refractivity contribution < 1.29 is 9.13 Å². The highest BCUT2D eigenvalue weighted by atomic mass is 19.1. The van der Waals surface area contributed by atoms with Crippen LogP contribution >= 0.6 is 0 Å². The van der Waals surface area contributed by atoms with Crippen molar-refractivity contribution >= 4 is 5.69 Å². The fourth-order valence-corrected chi connectivity index (χ4v) is 2.71. The van der Waals surface area contributed by atoms with Gasteiger partial charge in [-0.15, -0.1) is 0 Å². The molecule has 1 aliphatic rings. The molecule has 116 valence electrons. The van der Waals surface area contributed by atoms with Gasteiger partial charge in [-0.25, -0.2) is 4.39 Å². The minimum atomic E-state index is -0.170. The Morgan fingerprint density at radius 3 is 2.41 bits per heavy atom. The molecule has 2 aromatic carbocycles. The van der Waals surface area contributed by atoms with E-state index in [0.29, 0.717) is 6.61 Å². The summed E-state index contributed by atoms with van der Waals surface area (Å²) in [5.41, 5.74) is 0.972. The third-order valence-electron chi connectivity index (χ3n) is 3.97. The summed E-state index contributed by atoms with van der Waals surface area (Å²) in [5.74, 6) is 0.747. The van der Waals surface area contributed by atoms with Crippen LogP contribution in [0.3, 0.4) is 0 Å². The van der Waals surface area contributed by atoms with E-state index in [-0.39, 0.29) is 5.82 Å². The summed E-state index contributed by atoms with van der Waals surface area (Å²) in [6.45, 7) is 5.43. The van der Waals surface area contributed by atoms with E-state index in [1.54, 1.807) is 12.1 Å². The van der Waals surface area contributed by atoms with E-state index in [1.165, 1.54) is 6.07 Å². The highest BCUT2D eigenvalue weighted by molar-refractivity contribution is 5.46. The van der Waals surface area contributed by atoms with Crippen LogP contribution in [0.25, 0.3) is 0 Å². The summed E-state index contributed by atoms with van der Waals surface area (Å²) in [6.07, 6.45) is 0. The molecular formula is C18H21FN2O. The number of hydrogen-bond donors (Lipinski definition) is 0. The van der Waals surface area contributed by atoms with E-state index >= 15 is 0 Å². The first kappa shape index (κ1) is 14.9. The van der Waals surface area contributed by atoms with Gasteiger partial charge in [-0.1, -0.05) is 24.3 Å². The van der Waals surface area contributed by atoms with Gasteiger partial charge in [-0.3, -0.25) is 4.90 Å². The highest BCUT2D eigenvalue weighted by Gasteiger charge is 2.17. The predicted octanol–water partition coefficient (Wildman–Crippen LogP) is 3.03. The number of piperazine rings is 1. The minimum Gasteiger partial charge on any atom is -0.492 e. The fraction of sp³-hybridized carbons (Fsp3) is 0.333. The highest BCUT2D eigenvalue weighted by Crippen LogP contribution is 2.17. The van der Waals surface area contributed by atoms with Crippen molar-refractivity contribution in [2.24, 2.45) is 0 Å². The third-order valence-corrected chi connectivity index (χ3v) is 3.97. The molecule has 22 heavy (non-hydrogen) atoms. The van der Waals surface area contributed by atoms with Gasteiger partial charge in [-0.2, -0.15) is 0 Å². The zero-order valence-electron chi connectivity index (χ0n) is 12.6. The SMILES string of the molecule is Fc1cccc(N2CCN(CCOc3ccccc3)CC2)c1. The maximum absolute atomic E-state index is 13.3. The Hall–Kier alpha value is -2.07. The van der Waals surface area contributed by atoms with E-state index < -0.39 is 0 Å². The molecule has 3 rings (SSSR count). The van der Waals surface area contributed by atoms with Crippen LogP contribution in [0.15, 0.2) is 54.6 Å². The minimum absolute atomic E-state index is 0.170. The van der Waals surface area contributed by atoms with Crippen molar-refractivity contribution in [2.45, 2.75) is 0 Å². The number of anilines is 1. The van der Waals surface area contributed by atoms with Gasteiger partial charge in [-0.05, 0) is 30.3 Å². The molecule has 4 heteroatoms. The van der Waals surface area contributed by atoms with Crippen LogP contribution in [0.5, 0.6) is 5.75 Å². The van der Waals surface area contributed by atoms with Crippen LogP contribution < -0.4 is 9.64 Å². The summed E-state index contributed by atoms with van der Waals surface area (Å²) in [6, 6.07) is 16.7. The zero-order valence-corrected chi connectivity index (χ0v) is 12.6. The van der Waals surface area contributed by atoms with Crippen molar-refractivity contribution in [1.29, 1.82) is 0 Å². The molecule has 0 amide bonds. The van der Waals surface area contributed by atoms with Crippen molar-refractivity contribution in [3.05, 3.63) is 60.4 Å². The Kier molecular flexibility index (Phi) is 4.91. The summed E-state index contributed by atoms with van der Waals surface area (Å²) in [5, 5.41) is 0. The molecule has 0 radical (unpaired) electrons. The molecule has 0 bridgehead atoms. The predicted molar refractivity (Wildman–Crippen MR) is 87.0 cm³/mol. The summed E-state index contributed by atoms with van der Waals surface area (Å²) < 4.78 is 19.0. The standard InChI is InChI=1S/C18H21FN2O/c19-16-5-4-6-17(15-16)21-11-9-20(10-12-21)13-14-22-18-7-2-1-3-8-18/h1-8,15H,9-14H2. The summed E-state index contributed by atoms with van der Waals surface area (Å²) in [7, 11) is 0. The molecule has 1 fully saturated rings. The van der Waals surface area contributed by atoms with Gasteiger partial charge in [0.2, 0.25) is 0 Å². The lowest BCUT2D eigenvalue weighted by molar-refractivity contribution is 0.200. The van der Waals surface area contributed by atoms with Crippen molar-refractivity contribution in [1.82, 2.24) is 4.90 Å². The lowest BCUT2D eigenvalue weighted by Gasteiger charge is -2.36. The molecule has 0 saturated carbocycles. The number of para-hydroxylation sites is 1. The number of rotatable bonds is 5. The van der Waals surface area contributed by atoms with E-state index in [2.05, 4.69) is 9.80 Å². The fourth-order valence-electron chi connectivity index (χ4n) is 2.71. The van der Waals surface area contributed by atoms with Crippen molar-refractivity contribution in [3.63, 3.8) is 0 Å². The number of hydrogen-bond acceptors (Lipinski definition) is 3. The molecule has 0 N–H and O–H groups in total. The van der Waals surface area contributed by atoms with Gasteiger partial charge in [0.15, 0.2) is 0 Å². The molecule has 1 heterocycles. The number of nitrogens with zero attached hydrogens (tertiary/aromatic N) is 2. The Morgan fingerprint density at radius 2 is 1.68 bits per heavy atom. The average molecular weight is 300 g/mol. The number of benzene rings is 2. The van der Waals surface area contributed by atoms with E-state index in [4.69, 9.17) is 4.74 Å². The lowest BCUT2D eigenvalue weighted by Crippen LogP contribution is -2.47. The van der Waals surface area contributed by atoms with Gasteiger partial charge >= 0.3 is 0 Å². The number of ether oxygens (including phenoxy) is 1. The van der Waals surface area contributed by atoms with Gasteiger partial charge in [0.05, 0.1) is 0 Å². The number of halogens is 1. The molecule has 1 saturated heterocycles. The molecule has 0 aliphatic carbocycles. The Labute approximate surface area is 130 Å². The largest absolute Gasteiger partial charge is 0.492 e. The maximum Gasteiger partial charge on any atom is 0.125 e. The molecule has 0 aromatic heterocycles. The van der Waals surface area contributed by atoms with E-state index in [9.17, 15) is 4.39 Å². The van der Waals surface area contributed by atoms with Crippen molar-refractivity contribution in [3.8, 4) is 5.75 Å². The van der Waals surface area contributed by atoms with Gasteiger partial charge in [0.1, 0.15) is 18.2 Å². The Morgan fingerprint density at radius 1 is 0.909 bits per heavy atom. The molecule has 0 spiro atoms.